The number of amides is 1. The van der Waals surface area contributed by atoms with Crippen LogP contribution in [0.3, 0.4) is 0 Å². The molecule has 1 aromatic heterocycles. The van der Waals surface area contributed by atoms with Gasteiger partial charge in [0.15, 0.2) is 5.96 Å². The van der Waals surface area contributed by atoms with Crippen molar-refractivity contribution < 1.29 is 4.79 Å². The van der Waals surface area contributed by atoms with Crippen LogP contribution in [0.2, 0.25) is 0 Å². The van der Waals surface area contributed by atoms with E-state index in [1.54, 1.807) is 0 Å². The van der Waals surface area contributed by atoms with Crippen molar-refractivity contribution in [2.24, 2.45) is 22.5 Å². The van der Waals surface area contributed by atoms with E-state index in [1.165, 1.54) is 0 Å². The lowest BCUT2D eigenvalue weighted by atomic mass is 9.98. The van der Waals surface area contributed by atoms with Crippen LogP contribution in [0.1, 0.15) is 24.2 Å². The Balaban J connectivity index is 2.12. The highest BCUT2D eigenvalue weighted by atomic mass is 16.2. The van der Waals surface area contributed by atoms with Gasteiger partial charge in [-0.2, -0.15) is 4.99 Å². The number of nitrogens with one attached hydrogen (secondary N) is 1. The van der Waals surface area contributed by atoms with Crippen LogP contribution in [0.5, 0.6) is 0 Å². The van der Waals surface area contributed by atoms with Crippen molar-refractivity contribution in [1.82, 2.24) is 20.3 Å². The number of nitrogens with zero attached hydrogens (tertiary/aromatic N) is 4. The molecule has 5 N–H and O–H groups in total. The van der Waals surface area contributed by atoms with E-state index in [0.717, 1.165) is 30.8 Å². The van der Waals surface area contributed by atoms with Gasteiger partial charge >= 0.3 is 0 Å². The first kappa shape index (κ1) is 15.2. The fourth-order valence-corrected chi connectivity index (χ4v) is 2.45. The highest BCUT2D eigenvalue weighted by molar-refractivity contribution is 5.82. The summed E-state index contributed by atoms with van der Waals surface area (Å²) in [6.45, 7) is 5.02. The van der Waals surface area contributed by atoms with Gasteiger partial charge in [-0.05, 0) is 32.8 Å². The molecule has 2 rings (SSSR count). The lowest BCUT2D eigenvalue weighted by Gasteiger charge is -2.32. The molecular formula is C13H21N7O. The van der Waals surface area contributed by atoms with Crippen LogP contribution in [-0.4, -0.2) is 39.8 Å². The maximum atomic E-state index is 11.6. The average Bonchev–Trinajstić information content (AvgIpc) is 2.45. The number of aryl methyl sites for hydroxylation is 2. The van der Waals surface area contributed by atoms with E-state index in [1.807, 2.05) is 24.8 Å². The van der Waals surface area contributed by atoms with Gasteiger partial charge in [-0.3, -0.25) is 10.2 Å². The van der Waals surface area contributed by atoms with Crippen molar-refractivity contribution in [3.63, 3.8) is 0 Å². The number of aromatic nitrogens is 2. The van der Waals surface area contributed by atoms with Crippen molar-refractivity contribution in [1.29, 1.82) is 0 Å². The second kappa shape index (κ2) is 6.49. The molecule has 1 amide bonds. The number of guanidine groups is 1. The van der Waals surface area contributed by atoms with Gasteiger partial charge in [0.05, 0.1) is 5.92 Å². The predicted octanol–water partition coefficient (Wildman–Crippen LogP) is -0.258. The summed E-state index contributed by atoms with van der Waals surface area (Å²) in [5.41, 5.74) is 9.89. The molecule has 1 aliphatic heterocycles. The largest absolute Gasteiger partial charge is 0.369 e. The lowest BCUT2D eigenvalue weighted by molar-refractivity contribution is -0.126. The van der Waals surface area contributed by atoms with Crippen molar-refractivity contribution >= 4 is 17.8 Å². The third-order valence-corrected chi connectivity index (χ3v) is 3.44. The molecule has 8 nitrogen and oxygen atoms in total. The molecule has 0 spiro atoms. The van der Waals surface area contributed by atoms with E-state index >= 15 is 0 Å². The third-order valence-electron chi connectivity index (χ3n) is 3.44. The Labute approximate surface area is 123 Å². The molecule has 0 aliphatic carbocycles. The minimum atomic E-state index is -0.171. The van der Waals surface area contributed by atoms with E-state index < -0.39 is 0 Å². The summed E-state index contributed by atoms with van der Waals surface area (Å²) in [4.78, 5) is 26.2. The topological polar surface area (TPSA) is 123 Å². The molecule has 2 heterocycles. The number of hydrogen-bond donors (Lipinski definition) is 3. The van der Waals surface area contributed by atoms with Crippen LogP contribution in [0.25, 0.3) is 0 Å². The zero-order valence-electron chi connectivity index (χ0n) is 12.3. The number of carbonyl (C=O) groups excluding carboxylic acids is 1. The zero-order valence-corrected chi connectivity index (χ0v) is 12.3. The summed E-state index contributed by atoms with van der Waals surface area (Å²) >= 11 is 0. The maximum Gasteiger partial charge on any atom is 0.253 e. The van der Waals surface area contributed by atoms with Gasteiger partial charge in [0, 0.05) is 24.5 Å². The van der Waals surface area contributed by atoms with Gasteiger partial charge in [0.2, 0.25) is 5.91 Å². The Morgan fingerprint density at radius 2 is 2.10 bits per heavy atom. The molecule has 0 radical (unpaired) electrons. The summed E-state index contributed by atoms with van der Waals surface area (Å²) in [5, 5.41) is 0. The molecule has 114 valence electrons. The third kappa shape index (κ3) is 3.88. The number of rotatable bonds is 2. The first-order valence-electron chi connectivity index (χ1n) is 6.91. The summed E-state index contributed by atoms with van der Waals surface area (Å²) in [6, 6.07) is 1.87. The normalized spacial score (nSPS) is 19.5. The zero-order chi connectivity index (χ0) is 15.4. The van der Waals surface area contributed by atoms with Crippen LogP contribution in [-0.2, 0) is 4.79 Å². The molecule has 1 fully saturated rings. The minimum Gasteiger partial charge on any atom is -0.369 e. The molecule has 1 atom stereocenters. The lowest BCUT2D eigenvalue weighted by Crippen LogP contribution is -2.49. The van der Waals surface area contributed by atoms with Gasteiger partial charge in [-0.15, -0.1) is 0 Å². The molecule has 21 heavy (non-hydrogen) atoms. The average molecular weight is 291 g/mol. The predicted molar refractivity (Wildman–Crippen MR) is 79.4 cm³/mol. The van der Waals surface area contributed by atoms with Crippen LogP contribution < -0.4 is 17.0 Å². The number of likely N-dealkylation sites (tertiary alicyclic amines) is 1. The van der Waals surface area contributed by atoms with Crippen molar-refractivity contribution in [2.45, 2.75) is 26.7 Å². The van der Waals surface area contributed by atoms with Crippen LogP contribution in [0.4, 0.5) is 5.95 Å². The van der Waals surface area contributed by atoms with Crippen LogP contribution in [0, 0.1) is 19.8 Å². The second-order valence-corrected chi connectivity index (χ2v) is 5.21. The summed E-state index contributed by atoms with van der Waals surface area (Å²) in [5.74, 6) is 5.51. The Hall–Kier alpha value is -2.22. The van der Waals surface area contributed by atoms with Crippen LogP contribution >= 0.6 is 0 Å². The van der Waals surface area contributed by atoms with E-state index in [9.17, 15) is 4.79 Å². The fraction of sp³-hybridized carbons (Fsp3) is 0.538. The Morgan fingerprint density at radius 1 is 1.43 bits per heavy atom. The molecule has 1 aliphatic rings. The molecule has 0 saturated carbocycles. The highest BCUT2D eigenvalue weighted by Gasteiger charge is 2.26. The van der Waals surface area contributed by atoms with Gasteiger partial charge in [-0.25, -0.2) is 15.8 Å². The Morgan fingerprint density at radius 3 is 2.71 bits per heavy atom. The molecule has 8 heteroatoms. The van der Waals surface area contributed by atoms with Gasteiger partial charge in [0.25, 0.3) is 5.95 Å². The number of hydrazine groups is 1. The van der Waals surface area contributed by atoms with E-state index in [4.69, 9.17) is 11.6 Å². The van der Waals surface area contributed by atoms with Gasteiger partial charge in [-0.1, -0.05) is 0 Å². The van der Waals surface area contributed by atoms with Crippen molar-refractivity contribution in [3.05, 3.63) is 17.5 Å². The summed E-state index contributed by atoms with van der Waals surface area (Å²) < 4.78 is 0. The first-order chi connectivity index (χ1) is 9.99. The first-order valence-corrected chi connectivity index (χ1v) is 6.91. The smallest absolute Gasteiger partial charge is 0.253 e. The Kier molecular flexibility index (Phi) is 4.69. The molecule has 1 saturated heterocycles. The molecule has 1 aromatic rings. The van der Waals surface area contributed by atoms with Gasteiger partial charge < -0.3 is 10.6 Å². The molecule has 0 aromatic carbocycles. The molecule has 0 bridgehead atoms. The quantitative estimate of drug-likeness (QED) is 0.227. The molecule has 0 unspecified atom stereocenters. The highest BCUT2D eigenvalue weighted by Crippen LogP contribution is 2.17. The standard InChI is InChI=1S/C13H21N7O/c1-8-6-9(2)17-13(16-8)18-12(14)20-5-3-4-10(7-20)11(21)19-15/h6,10H,3-5,7,15H2,1-2H3,(H,19,21)(H2,14,16,17,18)/t10-/m0/s1. The van der Waals surface area contributed by atoms with E-state index in [-0.39, 0.29) is 11.8 Å². The monoisotopic (exact) mass is 291 g/mol. The number of piperidine rings is 1. The number of hydrogen-bond acceptors (Lipinski definition) is 5. The molecular weight excluding hydrogens is 270 g/mol. The Bertz CT molecular complexity index is 537. The second-order valence-electron chi connectivity index (χ2n) is 5.21. The van der Waals surface area contributed by atoms with E-state index in [2.05, 4.69) is 20.4 Å². The van der Waals surface area contributed by atoms with Crippen molar-refractivity contribution in [2.75, 3.05) is 13.1 Å². The van der Waals surface area contributed by atoms with Crippen LogP contribution in [0.15, 0.2) is 11.1 Å². The van der Waals surface area contributed by atoms with Crippen molar-refractivity contribution in [3.8, 4) is 0 Å². The maximum absolute atomic E-state index is 11.6. The number of aliphatic imine (C=N–C) groups is 1. The summed E-state index contributed by atoms with van der Waals surface area (Å²) in [6.07, 6.45) is 1.66. The van der Waals surface area contributed by atoms with E-state index in [0.29, 0.717) is 18.5 Å². The number of carbonyl (C=O) groups is 1. The van der Waals surface area contributed by atoms with Gasteiger partial charge in [0.1, 0.15) is 0 Å². The SMILES string of the molecule is Cc1cc(C)nc(N=C(N)N2CCC[C@H](C(=O)NN)C2)n1. The summed E-state index contributed by atoms with van der Waals surface area (Å²) in [7, 11) is 0. The minimum absolute atomic E-state index is 0.169. The number of nitrogens with two attached hydrogens (primary N) is 2. The fourth-order valence-electron chi connectivity index (χ4n) is 2.45.